The Hall–Kier alpha value is -2.29. The normalized spacial score (nSPS) is 17.9. The Balaban J connectivity index is 1.84. The van der Waals surface area contributed by atoms with Crippen LogP contribution in [0.3, 0.4) is 0 Å². The van der Waals surface area contributed by atoms with Gasteiger partial charge in [-0.25, -0.2) is 0 Å². The lowest BCUT2D eigenvalue weighted by Crippen LogP contribution is -2.20. The van der Waals surface area contributed by atoms with Gasteiger partial charge < -0.3 is 9.47 Å². The van der Waals surface area contributed by atoms with E-state index in [0.29, 0.717) is 13.0 Å². The van der Waals surface area contributed by atoms with Crippen molar-refractivity contribution in [2.75, 3.05) is 13.7 Å². The Labute approximate surface area is 130 Å². The molecule has 2 aromatic rings. The van der Waals surface area contributed by atoms with Crippen molar-refractivity contribution in [2.24, 2.45) is 0 Å². The van der Waals surface area contributed by atoms with Gasteiger partial charge in [0.1, 0.15) is 5.75 Å². The summed E-state index contributed by atoms with van der Waals surface area (Å²) in [6.45, 7) is 0.482. The molecule has 22 heavy (non-hydrogen) atoms. The summed E-state index contributed by atoms with van der Waals surface area (Å²) in [5.74, 6) is 1.10. The molecule has 3 heteroatoms. The first-order valence-corrected chi connectivity index (χ1v) is 7.62. The fourth-order valence-corrected chi connectivity index (χ4v) is 2.91. The molecular formula is C19H20O3. The molecule has 0 spiro atoms. The quantitative estimate of drug-likeness (QED) is 0.807. The van der Waals surface area contributed by atoms with Gasteiger partial charge in [-0.3, -0.25) is 4.79 Å². The number of cyclic esters (lactones) is 1. The third-order valence-corrected chi connectivity index (χ3v) is 4.16. The Morgan fingerprint density at radius 3 is 2.68 bits per heavy atom. The van der Waals surface area contributed by atoms with Gasteiger partial charge in [-0.15, -0.1) is 0 Å². The first-order chi connectivity index (χ1) is 10.8. The molecule has 1 saturated heterocycles. The van der Waals surface area contributed by atoms with Gasteiger partial charge in [-0.05, 0) is 29.2 Å². The van der Waals surface area contributed by atoms with Gasteiger partial charge >= 0.3 is 5.97 Å². The smallest absolute Gasteiger partial charge is 0.305 e. The fraction of sp³-hybridized carbons (Fsp3) is 0.316. The second kappa shape index (κ2) is 6.65. The molecule has 2 aromatic carbocycles. The standard InChI is InChI=1S/C19H20O3/c1-21-18-9-7-15(16-8-10-19(20)22-13-16)12-17(18)11-14-5-3-2-4-6-14/h2-7,9,12,16H,8,10-11,13H2,1H3/t16-/m1/s1. The molecule has 0 N–H and O–H groups in total. The van der Waals surface area contributed by atoms with Crippen LogP contribution in [-0.4, -0.2) is 19.7 Å². The van der Waals surface area contributed by atoms with Crippen molar-refractivity contribution in [3.63, 3.8) is 0 Å². The topological polar surface area (TPSA) is 35.5 Å². The molecule has 0 aliphatic carbocycles. The molecule has 0 amide bonds. The molecule has 1 fully saturated rings. The minimum absolute atomic E-state index is 0.0886. The van der Waals surface area contributed by atoms with Crippen LogP contribution < -0.4 is 4.74 Å². The van der Waals surface area contributed by atoms with Crippen molar-refractivity contribution < 1.29 is 14.3 Å². The molecule has 1 atom stereocenters. The largest absolute Gasteiger partial charge is 0.496 e. The van der Waals surface area contributed by atoms with Crippen LogP contribution in [0.15, 0.2) is 48.5 Å². The number of methoxy groups -OCH3 is 1. The van der Waals surface area contributed by atoms with E-state index in [0.717, 1.165) is 18.6 Å². The molecule has 1 aliphatic rings. The minimum atomic E-state index is -0.0886. The SMILES string of the molecule is COc1ccc([C@@H]2CCC(=O)OC2)cc1Cc1ccccc1. The molecule has 0 radical (unpaired) electrons. The lowest BCUT2D eigenvalue weighted by molar-refractivity contribution is -0.147. The van der Waals surface area contributed by atoms with Crippen LogP contribution in [0.2, 0.25) is 0 Å². The maximum absolute atomic E-state index is 11.2. The van der Waals surface area contributed by atoms with Gasteiger partial charge in [-0.2, -0.15) is 0 Å². The lowest BCUT2D eigenvalue weighted by atomic mass is 9.91. The summed E-state index contributed by atoms with van der Waals surface area (Å²) in [4.78, 5) is 11.2. The molecule has 1 aliphatic heterocycles. The van der Waals surface area contributed by atoms with E-state index >= 15 is 0 Å². The Kier molecular flexibility index (Phi) is 4.42. The number of esters is 1. The Morgan fingerprint density at radius 1 is 1.18 bits per heavy atom. The van der Waals surface area contributed by atoms with Crippen LogP contribution in [0.4, 0.5) is 0 Å². The second-order valence-corrected chi connectivity index (χ2v) is 5.65. The van der Waals surface area contributed by atoms with Gasteiger partial charge in [0.2, 0.25) is 0 Å². The van der Waals surface area contributed by atoms with Crippen molar-refractivity contribution in [3.8, 4) is 5.75 Å². The highest BCUT2D eigenvalue weighted by molar-refractivity contribution is 5.70. The predicted molar refractivity (Wildman–Crippen MR) is 85.2 cm³/mol. The van der Waals surface area contributed by atoms with Crippen molar-refractivity contribution in [3.05, 3.63) is 65.2 Å². The van der Waals surface area contributed by atoms with Crippen LogP contribution in [0, 0.1) is 0 Å². The molecule has 114 valence electrons. The summed E-state index contributed by atoms with van der Waals surface area (Å²) >= 11 is 0. The van der Waals surface area contributed by atoms with E-state index in [1.807, 2.05) is 24.3 Å². The predicted octanol–water partition coefficient (Wildman–Crippen LogP) is 3.71. The first-order valence-electron chi connectivity index (χ1n) is 7.62. The van der Waals surface area contributed by atoms with Gasteiger partial charge in [0.05, 0.1) is 13.7 Å². The third kappa shape index (κ3) is 3.30. The number of hydrogen-bond acceptors (Lipinski definition) is 3. The molecule has 1 heterocycles. The molecule has 3 nitrogen and oxygen atoms in total. The zero-order valence-corrected chi connectivity index (χ0v) is 12.7. The van der Waals surface area contributed by atoms with Gasteiger partial charge in [0.15, 0.2) is 0 Å². The van der Waals surface area contributed by atoms with Crippen LogP contribution in [0.1, 0.15) is 35.4 Å². The maximum Gasteiger partial charge on any atom is 0.305 e. The zero-order valence-electron chi connectivity index (χ0n) is 12.7. The van der Waals surface area contributed by atoms with Crippen molar-refractivity contribution in [2.45, 2.75) is 25.2 Å². The highest BCUT2D eigenvalue weighted by atomic mass is 16.5. The second-order valence-electron chi connectivity index (χ2n) is 5.65. The van der Waals surface area contributed by atoms with Crippen molar-refractivity contribution in [1.82, 2.24) is 0 Å². The van der Waals surface area contributed by atoms with Crippen LogP contribution in [-0.2, 0) is 16.0 Å². The van der Waals surface area contributed by atoms with E-state index in [2.05, 4.69) is 24.3 Å². The monoisotopic (exact) mass is 296 g/mol. The molecular weight excluding hydrogens is 276 g/mol. The molecule has 0 saturated carbocycles. The molecule has 0 aromatic heterocycles. The summed E-state index contributed by atoms with van der Waals surface area (Å²) in [6.07, 6.45) is 2.20. The van der Waals surface area contributed by atoms with Crippen LogP contribution >= 0.6 is 0 Å². The number of rotatable bonds is 4. The van der Waals surface area contributed by atoms with E-state index < -0.39 is 0 Å². The zero-order chi connectivity index (χ0) is 15.4. The third-order valence-electron chi connectivity index (χ3n) is 4.16. The van der Waals surface area contributed by atoms with E-state index in [1.165, 1.54) is 16.7 Å². The molecule has 3 rings (SSSR count). The average Bonchev–Trinajstić information content (AvgIpc) is 2.56. The van der Waals surface area contributed by atoms with Crippen LogP contribution in [0.25, 0.3) is 0 Å². The molecule has 0 unspecified atom stereocenters. The fourth-order valence-electron chi connectivity index (χ4n) is 2.91. The number of hydrogen-bond donors (Lipinski definition) is 0. The summed E-state index contributed by atoms with van der Waals surface area (Å²) in [5.41, 5.74) is 3.65. The van der Waals surface area contributed by atoms with Gasteiger partial charge in [0.25, 0.3) is 0 Å². The van der Waals surface area contributed by atoms with E-state index in [4.69, 9.17) is 9.47 Å². The highest BCUT2D eigenvalue weighted by Gasteiger charge is 2.22. The first kappa shape index (κ1) is 14.6. The average molecular weight is 296 g/mol. The van der Waals surface area contributed by atoms with Crippen LogP contribution in [0.5, 0.6) is 5.75 Å². The summed E-state index contributed by atoms with van der Waals surface area (Å²) in [7, 11) is 1.70. The van der Waals surface area contributed by atoms with E-state index in [1.54, 1.807) is 7.11 Å². The van der Waals surface area contributed by atoms with Crippen molar-refractivity contribution in [1.29, 1.82) is 0 Å². The van der Waals surface area contributed by atoms with Gasteiger partial charge in [0, 0.05) is 18.8 Å². The number of benzene rings is 2. The number of carbonyl (C=O) groups excluding carboxylic acids is 1. The van der Waals surface area contributed by atoms with E-state index in [9.17, 15) is 4.79 Å². The maximum atomic E-state index is 11.2. The van der Waals surface area contributed by atoms with Crippen molar-refractivity contribution >= 4 is 5.97 Å². The van der Waals surface area contributed by atoms with E-state index in [-0.39, 0.29) is 11.9 Å². The Bertz CT molecular complexity index is 639. The lowest BCUT2D eigenvalue weighted by Gasteiger charge is -2.23. The van der Waals surface area contributed by atoms with Gasteiger partial charge in [-0.1, -0.05) is 42.5 Å². The summed E-state index contributed by atoms with van der Waals surface area (Å²) < 4.78 is 10.7. The summed E-state index contributed by atoms with van der Waals surface area (Å²) in [6, 6.07) is 16.6. The number of ether oxygens (including phenoxy) is 2. The Morgan fingerprint density at radius 2 is 2.00 bits per heavy atom. The molecule has 0 bridgehead atoms. The minimum Gasteiger partial charge on any atom is -0.496 e. The summed E-state index contributed by atoms with van der Waals surface area (Å²) in [5, 5.41) is 0. The highest BCUT2D eigenvalue weighted by Crippen LogP contribution is 2.30. The number of carbonyl (C=O) groups is 1.